The first kappa shape index (κ1) is 20.4. The third-order valence-corrected chi connectivity index (χ3v) is 8.82. The van der Waals surface area contributed by atoms with Crippen molar-refractivity contribution in [3.05, 3.63) is 29.8 Å². The lowest BCUT2D eigenvalue weighted by Gasteiger charge is -2.50. The van der Waals surface area contributed by atoms with Crippen LogP contribution in [0.5, 0.6) is 0 Å². The predicted molar refractivity (Wildman–Crippen MR) is 123 cm³/mol. The molecule has 3 saturated heterocycles. The van der Waals surface area contributed by atoms with Crippen LogP contribution in [0.15, 0.2) is 24.3 Å². The number of nitrogens with zero attached hydrogens (tertiary/aromatic N) is 3. The zero-order valence-electron chi connectivity index (χ0n) is 18.8. The van der Waals surface area contributed by atoms with Crippen LogP contribution in [0.1, 0.15) is 75.1 Å². The van der Waals surface area contributed by atoms with Crippen molar-refractivity contribution in [1.29, 1.82) is 0 Å². The molecule has 1 aliphatic carbocycles. The number of hydrogen-bond donors (Lipinski definition) is 0. The maximum absolute atomic E-state index is 12.8. The highest BCUT2D eigenvalue weighted by Gasteiger charge is 2.39. The molecule has 1 aromatic carbocycles. The van der Waals surface area contributed by atoms with Gasteiger partial charge in [0.15, 0.2) is 0 Å². The molecule has 0 N–H and O–H groups in total. The van der Waals surface area contributed by atoms with Crippen molar-refractivity contribution >= 4 is 11.6 Å². The number of amides is 1. The van der Waals surface area contributed by atoms with Gasteiger partial charge in [0.2, 0.25) is 0 Å². The van der Waals surface area contributed by atoms with E-state index in [0.29, 0.717) is 5.41 Å². The SMILES string of the molecule is CC1CCN(C(=O)c2ccc(N3CCC4(CC3)CCN(C3CCC3)CC4)cc2)CC1. The average Bonchev–Trinajstić information content (AvgIpc) is 2.75. The molecule has 0 radical (unpaired) electrons. The molecule has 30 heavy (non-hydrogen) atoms. The van der Waals surface area contributed by atoms with E-state index in [1.165, 1.54) is 76.8 Å². The zero-order chi connectivity index (χ0) is 20.6. The molecule has 3 aliphatic heterocycles. The summed E-state index contributed by atoms with van der Waals surface area (Å²) in [7, 11) is 0. The zero-order valence-corrected chi connectivity index (χ0v) is 18.8. The van der Waals surface area contributed by atoms with Crippen LogP contribution in [0.4, 0.5) is 5.69 Å². The van der Waals surface area contributed by atoms with Crippen molar-refractivity contribution in [2.24, 2.45) is 11.3 Å². The fourth-order valence-electron chi connectivity index (χ4n) is 6.06. The number of carbonyl (C=O) groups is 1. The second-order valence-corrected chi connectivity index (χ2v) is 10.6. The molecule has 5 rings (SSSR count). The third-order valence-electron chi connectivity index (χ3n) is 8.82. The Morgan fingerprint density at radius 3 is 2.00 bits per heavy atom. The molecule has 4 nitrogen and oxygen atoms in total. The summed E-state index contributed by atoms with van der Waals surface area (Å²) in [6.45, 7) is 9.11. The molecule has 0 aromatic heterocycles. The van der Waals surface area contributed by atoms with Gasteiger partial charge < -0.3 is 14.7 Å². The summed E-state index contributed by atoms with van der Waals surface area (Å²) in [4.78, 5) is 20.2. The first-order valence-electron chi connectivity index (χ1n) is 12.5. The first-order chi connectivity index (χ1) is 14.6. The number of rotatable bonds is 3. The van der Waals surface area contributed by atoms with Crippen LogP contribution in [0.25, 0.3) is 0 Å². The summed E-state index contributed by atoms with van der Waals surface area (Å²) in [6, 6.07) is 9.37. The monoisotopic (exact) mass is 409 g/mol. The van der Waals surface area contributed by atoms with E-state index >= 15 is 0 Å². The standard InChI is InChI=1S/C26H39N3O/c1-21-9-15-29(16-10-21)25(30)22-5-7-24(8-6-22)28-19-13-26(14-20-28)11-17-27(18-12-26)23-3-2-4-23/h5-8,21,23H,2-4,9-20H2,1H3. The molecule has 1 amide bonds. The van der Waals surface area contributed by atoms with Gasteiger partial charge in [0.1, 0.15) is 0 Å². The quantitative estimate of drug-likeness (QED) is 0.718. The fourth-order valence-corrected chi connectivity index (χ4v) is 6.06. The van der Waals surface area contributed by atoms with Crippen molar-refractivity contribution in [2.75, 3.05) is 44.2 Å². The second-order valence-electron chi connectivity index (χ2n) is 10.6. The number of hydrogen-bond acceptors (Lipinski definition) is 3. The normalized spacial score (nSPS) is 26.0. The van der Waals surface area contributed by atoms with E-state index < -0.39 is 0 Å². The molecule has 0 unspecified atom stereocenters. The van der Waals surface area contributed by atoms with E-state index in [-0.39, 0.29) is 5.91 Å². The summed E-state index contributed by atoms with van der Waals surface area (Å²) in [6.07, 6.45) is 12.1. The maximum Gasteiger partial charge on any atom is 0.253 e. The highest BCUT2D eigenvalue weighted by molar-refractivity contribution is 5.94. The fraction of sp³-hybridized carbons (Fsp3) is 0.731. The van der Waals surface area contributed by atoms with E-state index in [9.17, 15) is 4.79 Å². The van der Waals surface area contributed by atoms with Crippen molar-refractivity contribution in [3.63, 3.8) is 0 Å². The van der Waals surface area contributed by atoms with Crippen LogP contribution >= 0.6 is 0 Å². The van der Waals surface area contributed by atoms with E-state index in [0.717, 1.165) is 43.5 Å². The molecule has 0 atom stereocenters. The summed E-state index contributed by atoms with van der Waals surface area (Å²) in [5, 5.41) is 0. The highest BCUT2D eigenvalue weighted by atomic mass is 16.2. The van der Waals surface area contributed by atoms with E-state index in [1.807, 2.05) is 4.90 Å². The molecule has 4 fully saturated rings. The Morgan fingerprint density at radius 1 is 0.833 bits per heavy atom. The van der Waals surface area contributed by atoms with E-state index in [4.69, 9.17) is 0 Å². The van der Waals surface area contributed by atoms with Crippen LogP contribution < -0.4 is 4.90 Å². The molecule has 1 spiro atoms. The van der Waals surface area contributed by atoms with Crippen LogP contribution in [-0.2, 0) is 0 Å². The lowest BCUT2D eigenvalue weighted by Crippen LogP contribution is -2.50. The van der Waals surface area contributed by atoms with Gasteiger partial charge in [-0.15, -0.1) is 0 Å². The van der Waals surface area contributed by atoms with E-state index in [2.05, 4.69) is 41.0 Å². The lowest BCUT2D eigenvalue weighted by molar-refractivity contribution is 0.0306. The van der Waals surface area contributed by atoms with Gasteiger partial charge in [-0.3, -0.25) is 4.79 Å². The average molecular weight is 410 g/mol. The molecule has 0 bridgehead atoms. The summed E-state index contributed by atoms with van der Waals surface area (Å²) in [5.74, 6) is 0.966. The lowest BCUT2D eigenvalue weighted by atomic mass is 9.70. The maximum atomic E-state index is 12.8. The Morgan fingerprint density at radius 2 is 1.43 bits per heavy atom. The molecule has 1 saturated carbocycles. The number of benzene rings is 1. The van der Waals surface area contributed by atoms with Gasteiger partial charge in [-0.1, -0.05) is 13.3 Å². The molecule has 3 heterocycles. The minimum atomic E-state index is 0.212. The topological polar surface area (TPSA) is 26.8 Å². The Bertz CT molecular complexity index is 715. The molecule has 4 heteroatoms. The predicted octanol–water partition coefficient (Wildman–Crippen LogP) is 4.79. The van der Waals surface area contributed by atoms with Gasteiger partial charge >= 0.3 is 0 Å². The minimum Gasteiger partial charge on any atom is -0.371 e. The summed E-state index contributed by atoms with van der Waals surface area (Å²) in [5.41, 5.74) is 2.74. The van der Waals surface area contributed by atoms with Crippen LogP contribution in [-0.4, -0.2) is 61.0 Å². The van der Waals surface area contributed by atoms with Gasteiger partial charge in [-0.25, -0.2) is 0 Å². The van der Waals surface area contributed by atoms with Gasteiger partial charge in [-0.05, 0) is 100 Å². The van der Waals surface area contributed by atoms with Gasteiger partial charge in [0.25, 0.3) is 5.91 Å². The Labute approximate surface area is 182 Å². The molecule has 4 aliphatic rings. The van der Waals surface area contributed by atoms with Crippen LogP contribution in [0.3, 0.4) is 0 Å². The number of carbonyl (C=O) groups excluding carboxylic acids is 1. The van der Waals surface area contributed by atoms with Crippen LogP contribution in [0, 0.1) is 11.3 Å². The Kier molecular flexibility index (Phi) is 5.79. The molecular weight excluding hydrogens is 370 g/mol. The van der Waals surface area contributed by atoms with Gasteiger partial charge in [-0.2, -0.15) is 0 Å². The Balaban J connectivity index is 1.13. The first-order valence-corrected chi connectivity index (χ1v) is 12.5. The van der Waals surface area contributed by atoms with Gasteiger partial charge in [0, 0.05) is 43.5 Å². The summed E-state index contributed by atoms with van der Waals surface area (Å²) < 4.78 is 0. The van der Waals surface area contributed by atoms with Crippen molar-refractivity contribution in [3.8, 4) is 0 Å². The Hall–Kier alpha value is -1.55. The number of likely N-dealkylation sites (tertiary alicyclic amines) is 2. The largest absolute Gasteiger partial charge is 0.371 e. The summed E-state index contributed by atoms with van der Waals surface area (Å²) >= 11 is 0. The molecule has 1 aromatic rings. The number of piperidine rings is 3. The van der Waals surface area contributed by atoms with Crippen LogP contribution in [0.2, 0.25) is 0 Å². The third kappa shape index (κ3) is 4.12. The van der Waals surface area contributed by atoms with E-state index in [1.54, 1.807) is 0 Å². The minimum absolute atomic E-state index is 0.212. The molecule has 164 valence electrons. The van der Waals surface area contributed by atoms with Crippen molar-refractivity contribution < 1.29 is 4.79 Å². The smallest absolute Gasteiger partial charge is 0.253 e. The number of anilines is 1. The van der Waals surface area contributed by atoms with Crippen molar-refractivity contribution in [2.45, 2.75) is 70.8 Å². The second kappa shape index (κ2) is 8.53. The van der Waals surface area contributed by atoms with Gasteiger partial charge in [0.05, 0.1) is 0 Å². The molecular formula is C26H39N3O. The highest BCUT2D eigenvalue weighted by Crippen LogP contribution is 2.43. The van der Waals surface area contributed by atoms with Crippen molar-refractivity contribution in [1.82, 2.24) is 9.80 Å².